The Kier molecular flexibility index (Phi) is 5.23. The number of pyridine rings is 1. The maximum absolute atomic E-state index is 12.6. The van der Waals surface area contributed by atoms with Crippen molar-refractivity contribution in [3.63, 3.8) is 0 Å². The van der Waals surface area contributed by atoms with Gasteiger partial charge in [-0.3, -0.25) is 14.7 Å². The van der Waals surface area contributed by atoms with Gasteiger partial charge in [0.2, 0.25) is 0 Å². The molecule has 1 aliphatic rings. The highest BCUT2D eigenvalue weighted by molar-refractivity contribution is 9.10. The number of benzene rings is 2. The fourth-order valence-electron chi connectivity index (χ4n) is 3.65. The third kappa shape index (κ3) is 3.89. The summed E-state index contributed by atoms with van der Waals surface area (Å²) in [6, 6.07) is 13.6. The fraction of sp³-hybridized carbons (Fsp3) is 0.273. The van der Waals surface area contributed by atoms with Gasteiger partial charge in [0.15, 0.2) is 0 Å². The van der Waals surface area contributed by atoms with Crippen molar-refractivity contribution in [1.82, 2.24) is 9.88 Å². The lowest BCUT2D eigenvalue weighted by molar-refractivity contribution is 0.102. The number of nitrogens with zero attached hydrogens (tertiary/aromatic N) is 2. The lowest BCUT2D eigenvalue weighted by atomic mass is 10.1. The van der Waals surface area contributed by atoms with Crippen LogP contribution in [0.5, 0.6) is 0 Å². The Morgan fingerprint density at radius 2 is 1.96 bits per heavy atom. The number of aromatic nitrogens is 1. The summed E-state index contributed by atoms with van der Waals surface area (Å²) >= 11 is 3.44. The van der Waals surface area contributed by atoms with E-state index in [1.54, 1.807) is 6.07 Å². The molecular weight excluding hydrogens is 402 g/mol. The molecule has 1 N–H and O–H groups in total. The van der Waals surface area contributed by atoms with Gasteiger partial charge in [-0.15, -0.1) is 0 Å². The van der Waals surface area contributed by atoms with Gasteiger partial charge in [-0.2, -0.15) is 0 Å². The standard InChI is InChI=1S/C22H22BrN3O/c1-15-20(25-22(27)18-6-2-3-7-19(18)23)9-8-17-12-16(13-24-21(15)17)14-26-10-4-5-11-26/h2-3,6-9,12-13H,4-5,10-11,14H2,1H3,(H,25,27). The highest BCUT2D eigenvalue weighted by Crippen LogP contribution is 2.26. The molecule has 27 heavy (non-hydrogen) atoms. The number of rotatable bonds is 4. The molecule has 0 spiro atoms. The minimum Gasteiger partial charge on any atom is -0.322 e. The van der Waals surface area contributed by atoms with E-state index in [1.807, 2.05) is 43.5 Å². The molecule has 3 aromatic rings. The van der Waals surface area contributed by atoms with Gasteiger partial charge in [-0.05, 0) is 84.2 Å². The molecule has 1 aromatic heterocycles. The van der Waals surface area contributed by atoms with Crippen LogP contribution in [0.1, 0.15) is 34.3 Å². The Bertz CT molecular complexity index is 996. The quantitative estimate of drug-likeness (QED) is 0.630. The fourth-order valence-corrected chi connectivity index (χ4v) is 4.11. The van der Waals surface area contributed by atoms with Gasteiger partial charge in [-0.25, -0.2) is 0 Å². The molecular formula is C22H22BrN3O. The average molecular weight is 424 g/mol. The van der Waals surface area contributed by atoms with Crippen molar-refractivity contribution in [2.24, 2.45) is 0 Å². The van der Waals surface area contributed by atoms with Gasteiger partial charge >= 0.3 is 0 Å². The van der Waals surface area contributed by atoms with E-state index in [0.717, 1.165) is 33.2 Å². The molecule has 1 aliphatic heterocycles. The zero-order valence-electron chi connectivity index (χ0n) is 15.3. The molecule has 0 radical (unpaired) electrons. The van der Waals surface area contributed by atoms with E-state index in [4.69, 9.17) is 4.98 Å². The van der Waals surface area contributed by atoms with E-state index in [0.29, 0.717) is 5.56 Å². The van der Waals surface area contributed by atoms with Gasteiger partial charge < -0.3 is 5.32 Å². The largest absolute Gasteiger partial charge is 0.322 e. The monoisotopic (exact) mass is 423 g/mol. The van der Waals surface area contributed by atoms with Crippen molar-refractivity contribution in [3.05, 3.63) is 69.8 Å². The first-order valence-corrected chi connectivity index (χ1v) is 10.1. The van der Waals surface area contributed by atoms with Crippen molar-refractivity contribution >= 4 is 38.4 Å². The van der Waals surface area contributed by atoms with Crippen LogP contribution in [0, 0.1) is 6.92 Å². The SMILES string of the molecule is Cc1c(NC(=O)c2ccccc2Br)ccc2cc(CN3CCCC3)cnc12. The summed E-state index contributed by atoms with van der Waals surface area (Å²) in [5.41, 5.74) is 4.58. The van der Waals surface area contributed by atoms with Crippen LogP contribution in [0.3, 0.4) is 0 Å². The molecule has 0 unspecified atom stereocenters. The maximum Gasteiger partial charge on any atom is 0.256 e. The number of hydrogen-bond acceptors (Lipinski definition) is 3. The number of anilines is 1. The van der Waals surface area contributed by atoms with Crippen LogP contribution in [0.2, 0.25) is 0 Å². The first-order valence-electron chi connectivity index (χ1n) is 9.28. The molecule has 0 aliphatic carbocycles. The zero-order chi connectivity index (χ0) is 18.8. The first-order chi connectivity index (χ1) is 13.1. The molecule has 2 heterocycles. The second kappa shape index (κ2) is 7.79. The number of amides is 1. The molecule has 4 rings (SSSR count). The summed E-state index contributed by atoms with van der Waals surface area (Å²) in [7, 11) is 0. The number of nitrogens with one attached hydrogen (secondary N) is 1. The Balaban J connectivity index is 1.58. The predicted molar refractivity (Wildman–Crippen MR) is 113 cm³/mol. The summed E-state index contributed by atoms with van der Waals surface area (Å²) in [6.07, 6.45) is 4.55. The highest BCUT2D eigenvalue weighted by Gasteiger charge is 2.14. The molecule has 2 aromatic carbocycles. The predicted octanol–water partition coefficient (Wildman–Crippen LogP) is 5.15. The molecule has 1 amide bonds. The summed E-state index contributed by atoms with van der Waals surface area (Å²) in [5, 5.41) is 4.13. The van der Waals surface area contributed by atoms with Gasteiger partial charge in [0, 0.05) is 28.3 Å². The van der Waals surface area contributed by atoms with Crippen molar-refractivity contribution in [1.29, 1.82) is 0 Å². The van der Waals surface area contributed by atoms with Crippen LogP contribution < -0.4 is 5.32 Å². The van der Waals surface area contributed by atoms with Crippen molar-refractivity contribution in [2.45, 2.75) is 26.3 Å². The normalized spacial score (nSPS) is 14.6. The Morgan fingerprint density at radius 1 is 1.19 bits per heavy atom. The molecule has 138 valence electrons. The second-order valence-corrected chi connectivity index (χ2v) is 7.92. The number of fused-ring (bicyclic) bond motifs is 1. The third-order valence-corrected chi connectivity index (χ3v) is 5.83. The minimum absolute atomic E-state index is 0.129. The van der Waals surface area contributed by atoms with E-state index in [1.165, 1.54) is 31.5 Å². The minimum atomic E-state index is -0.129. The zero-order valence-corrected chi connectivity index (χ0v) is 16.9. The summed E-state index contributed by atoms with van der Waals surface area (Å²) in [6.45, 7) is 5.32. The van der Waals surface area contributed by atoms with Crippen LogP contribution in [-0.2, 0) is 6.54 Å². The summed E-state index contributed by atoms with van der Waals surface area (Å²) in [5.74, 6) is -0.129. The maximum atomic E-state index is 12.6. The topological polar surface area (TPSA) is 45.2 Å². The van der Waals surface area contributed by atoms with Gasteiger partial charge in [0.25, 0.3) is 5.91 Å². The smallest absolute Gasteiger partial charge is 0.256 e. The van der Waals surface area contributed by atoms with Crippen molar-refractivity contribution in [3.8, 4) is 0 Å². The van der Waals surface area contributed by atoms with Crippen molar-refractivity contribution < 1.29 is 4.79 Å². The van der Waals surface area contributed by atoms with E-state index in [-0.39, 0.29) is 5.91 Å². The molecule has 4 nitrogen and oxygen atoms in total. The van der Waals surface area contributed by atoms with Gasteiger partial charge in [-0.1, -0.05) is 18.2 Å². The number of carbonyl (C=O) groups is 1. The van der Waals surface area contributed by atoms with Gasteiger partial charge in [0.05, 0.1) is 11.1 Å². The number of carbonyl (C=O) groups excluding carboxylic acids is 1. The number of hydrogen-bond donors (Lipinski definition) is 1. The van der Waals surface area contributed by atoms with E-state index >= 15 is 0 Å². The summed E-state index contributed by atoms with van der Waals surface area (Å²) < 4.78 is 0.783. The lowest BCUT2D eigenvalue weighted by Crippen LogP contribution is -2.18. The van der Waals surface area contributed by atoms with Crippen molar-refractivity contribution in [2.75, 3.05) is 18.4 Å². The number of halogens is 1. The van der Waals surface area contributed by atoms with E-state index in [9.17, 15) is 4.79 Å². The molecule has 0 atom stereocenters. The third-order valence-electron chi connectivity index (χ3n) is 5.13. The van der Waals surface area contributed by atoms with Crippen LogP contribution in [-0.4, -0.2) is 28.9 Å². The van der Waals surface area contributed by atoms with Crippen LogP contribution in [0.15, 0.2) is 53.1 Å². The Morgan fingerprint density at radius 3 is 2.74 bits per heavy atom. The molecule has 1 saturated heterocycles. The van der Waals surface area contributed by atoms with E-state index in [2.05, 4.69) is 32.2 Å². The van der Waals surface area contributed by atoms with E-state index < -0.39 is 0 Å². The van der Waals surface area contributed by atoms with Gasteiger partial charge in [0.1, 0.15) is 0 Å². The first kappa shape index (κ1) is 18.1. The molecule has 0 saturated carbocycles. The number of likely N-dealkylation sites (tertiary alicyclic amines) is 1. The lowest BCUT2D eigenvalue weighted by Gasteiger charge is -2.15. The number of aryl methyl sites for hydroxylation is 1. The Labute approximate surface area is 167 Å². The molecule has 5 heteroatoms. The molecule has 0 bridgehead atoms. The highest BCUT2D eigenvalue weighted by atomic mass is 79.9. The second-order valence-electron chi connectivity index (χ2n) is 7.07. The van der Waals surface area contributed by atoms with Crippen LogP contribution >= 0.6 is 15.9 Å². The Hall–Kier alpha value is -2.24. The van der Waals surface area contributed by atoms with Crippen LogP contribution in [0.4, 0.5) is 5.69 Å². The summed E-state index contributed by atoms with van der Waals surface area (Å²) in [4.78, 5) is 19.8. The average Bonchev–Trinajstić information content (AvgIpc) is 3.17. The van der Waals surface area contributed by atoms with Crippen LogP contribution in [0.25, 0.3) is 10.9 Å². The molecule has 1 fully saturated rings.